The summed E-state index contributed by atoms with van der Waals surface area (Å²) in [5.41, 5.74) is 0.470. The second kappa shape index (κ2) is 7.41. The summed E-state index contributed by atoms with van der Waals surface area (Å²) in [7, 11) is 0. The summed E-state index contributed by atoms with van der Waals surface area (Å²) in [6.07, 6.45) is 4.96. The second-order valence-corrected chi connectivity index (χ2v) is 5.65. The largest absolute Gasteiger partial charge is 0.506 e. The normalized spacial score (nSPS) is 16.4. The first-order valence-electron chi connectivity index (χ1n) is 7.79. The van der Waals surface area contributed by atoms with E-state index in [1.807, 2.05) is 4.90 Å². The van der Waals surface area contributed by atoms with E-state index in [-0.39, 0.29) is 11.7 Å². The minimum atomic E-state index is -0.0281. The van der Waals surface area contributed by atoms with Gasteiger partial charge in [0.25, 0.3) is 5.91 Å². The fourth-order valence-corrected chi connectivity index (χ4v) is 2.89. The van der Waals surface area contributed by atoms with Crippen LogP contribution in [-0.2, 0) is 0 Å². The van der Waals surface area contributed by atoms with Crippen molar-refractivity contribution in [2.75, 3.05) is 32.7 Å². The Morgan fingerprint density at radius 3 is 2.57 bits per heavy atom. The highest BCUT2D eigenvalue weighted by Gasteiger charge is 2.24. The highest BCUT2D eigenvalue weighted by Crippen LogP contribution is 2.20. The number of nitrogens with zero attached hydrogens (tertiary/aromatic N) is 3. The number of hydrogen-bond donors (Lipinski definition) is 1. The van der Waals surface area contributed by atoms with Crippen LogP contribution in [0.3, 0.4) is 0 Å². The van der Waals surface area contributed by atoms with Gasteiger partial charge in [-0.3, -0.25) is 9.78 Å². The first-order valence-corrected chi connectivity index (χ1v) is 7.79. The monoisotopic (exact) mass is 291 g/mol. The van der Waals surface area contributed by atoms with Gasteiger partial charge in [-0.1, -0.05) is 13.8 Å². The molecule has 0 bridgehead atoms. The van der Waals surface area contributed by atoms with Gasteiger partial charge in [0.2, 0.25) is 0 Å². The highest BCUT2D eigenvalue weighted by molar-refractivity contribution is 5.94. The Hall–Kier alpha value is -1.62. The third-order valence-electron chi connectivity index (χ3n) is 4.28. The molecule has 0 atom stereocenters. The Balaban J connectivity index is 1.87. The van der Waals surface area contributed by atoms with E-state index < -0.39 is 0 Å². The predicted octanol–water partition coefficient (Wildman–Crippen LogP) is 1.98. The Kier molecular flexibility index (Phi) is 5.56. The van der Waals surface area contributed by atoms with Crippen LogP contribution in [0.25, 0.3) is 0 Å². The molecule has 1 aromatic heterocycles. The summed E-state index contributed by atoms with van der Waals surface area (Å²) < 4.78 is 0. The first-order chi connectivity index (χ1) is 10.1. The molecule has 21 heavy (non-hydrogen) atoms. The summed E-state index contributed by atoms with van der Waals surface area (Å²) in [6, 6.07) is 1.48. The van der Waals surface area contributed by atoms with Crippen LogP contribution >= 0.6 is 0 Å². The molecule has 1 aliphatic heterocycles. The van der Waals surface area contributed by atoms with Crippen molar-refractivity contribution in [3.8, 4) is 5.75 Å². The fourth-order valence-electron chi connectivity index (χ4n) is 2.89. The molecule has 0 radical (unpaired) electrons. The fraction of sp³-hybridized carbons (Fsp3) is 0.625. The quantitative estimate of drug-likeness (QED) is 0.901. The number of aromatic hydroxyl groups is 1. The molecule has 5 heteroatoms. The standard InChI is InChI=1S/C16H25N3O2/c1-3-18(4-2)12-13-5-7-19(8-6-13)16(21)14-9-15(20)11-17-10-14/h9-11,13,20H,3-8,12H2,1-2H3. The molecule has 0 unspecified atom stereocenters. The topological polar surface area (TPSA) is 56.7 Å². The number of aromatic nitrogens is 1. The number of carbonyl (C=O) groups excluding carboxylic acids is 1. The summed E-state index contributed by atoms with van der Waals surface area (Å²) in [5.74, 6) is 0.688. The van der Waals surface area contributed by atoms with Gasteiger partial charge in [-0.25, -0.2) is 0 Å². The Morgan fingerprint density at radius 2 is 2.00 bits per heavy atom. The molecule has 1 fully saturated rings. The number of likely N-dealkylation sites (tertiary alicyclic amines) is 1. The number of hydrogen-bond acceptors (Lipinski definition) is 4. The molecule has 0 aromatic carbocycles. The SMILES string of the molecule is CCN(CC)CC1CCN(C(=O)c2cncc(O)c2)CC1. The third kappa shape index (κ3) is 4.17. The minimum Gasteiger partial charge on any atom is -0.506 e. The van der Waals surface area contributed by atoms with Crippen LogP contribution in [0.5, 0.6) is 5.75 Å². The van der Waals surface area contributed by atoms with Crippen LogP contribution in [0.4, 0.5) is 0 Å². The van der Waals surface area contributed by atoms with Gasteiger partial charge < -0.3 is 14.9 Å². The third-order valence-corrected chi connectivity index (χ3v) is 4.28. The lowest BCUT2D eigenvalue weighted by Gasteiger charge is -2.34. The van der Waals surface area contributed by atoms with Crippen molar-refractivity contribution >= 4 is 5.91 Å². The molecule has 1 aliphatic rings. The van der Waals surface area contributed by atoms with Crippen LogP contribution in [-0.4, -0.2) is 58.5 Å². The van der Waals surface area contributed by atoms with Gasteiger partial charge in [0, 0.05) is 25.8 Å². The average molecular weight is 291 g/mol. The van der Waals surface area contributed by atoms with Crippen molar-refractivity contribution in [3.05, 3.63) is 24.0 Å². The summed E-state index contributed by atoms with van der Waals surface area (Å²) in [5, 5.41) is 9.42. The van der Waals surface area contributed by atoms with E-state index in [1.54, 1.807) is 0 Å². The van der Waals surface area contributed by atoms with Crippen LogP contribution in [0.2, 0.25) is 0 Å². The van der Waals surface area contributed by atoms with Gasteiger partial charge in [0.15, 0.2) is 0 Å². The molecule has 1 aromatic rings. The summed E-state index contributed by atoms with van der Waals surface area (Å²) >= 11 is 0. The Morgan fingerprint density at radius 1 is 1.33 bits per heavy atom. The van der Waals surface area contributed by atoms with Crippen LogP contribution in [0, 0.1) is 5.92 Å². The van der Waals surface area contributed by atoms with Gasteiger partial charge in [-0.15, -0.1) is 0 Å². The molecule has 1 amide bonds. The van der Waals surface area contributed by atoms with Gasteiger partial charge in [0.1, 0.15) is 5.75 Å². The molecular weight excluding hydrogens is 266 g/mol. The zero-order valence-electron chi connectivity index (χ0n) is 13.0. The maximum atomic E-state index is 12.4. The molecule has 1 N–H and O–H groups in total. The van der Waals surface area contributed by atoms with Gasteiger partial charge >= 0.3 is 0 Å². The van der Waals surface area contributed by atoms with Gasteiger partial charge in [-0.05, 0) is 37.9 Å². The van der Waals surface area contributed by atoms with Crippen molar-refractivity contribution in [1.29, 1.82) is 0 Å². The van der Waals surface area contributed by atoms with E-state index in [0.717, 1.165) is 45.6 Å². The van der Waals surface area contributed by atoms with E-state index >= 15 is 0 Å². The lowest BCUT2D eigenvalue weighted by Crippen LogP contribution is -2.41. The van der Waals surface area contributed by atoms with Crippen LogP contribution in [0.15, 0.2) is 18.5 Å². The maximum absolute atomic E-state index is 12.4. The average Bonchev–Trinajstić information content (AvgIpc) is 2.52. The predicted molar refractivity (Wildman–Crippen MR) is 82.3 cm³/mol. The number of amides is 1. The van der Waals surface area contributed by atoms with Crippen molar-refractivity contribution in [1.82, 2.24) is 14.8 Å². The lowest BCUT2D eigenvalue weighted by atomic mass is 9.95. The number of carbonyl (C=O) groups is 1. The maximum Gasteiger partial charge on any atom is 0.255 e. The van der Waals surface area contributed by atoms with E-state index in [4.69, 9.17) is 0 Å². The molecule has 0 saturated carbocycles. The van der Waals surface area contributed by atoms with Crippen molar-refractivity contribution in [2.24, 2.45) is 5.92 Å². The summed E-state index contributed by atoms with van der Waals surface area (Å²) in [4.78, 5) is 20.5. The molecule has 0 spiro atoms. The molecule has 5 nitrogen and oxygen atoms in total. The molecule has 116 valence electrons. The van der Waals surface area contributed by atoms with Crippen LogP contribution < -0.4 is 0 Å². The molecular formula is C16H25N3O2. The first kappa shape index (κ1) is 15.8. The van der Waals surface area contributed by atoms with Crippen LogP contribution in [0.1, 0.15) is 37.0 Å². The molecule has 2 rings (SSSR count). The van der Waals surface area contributed by atoms with Crippen molar-refractivity contribution in [2.45, 2.75) is 26.7 Å². The zero-order chi connectivity index (χ0) is 15.2. The lowest BCUT2D eigenvalue weighted by molar-refractivity contribution is 0.0669. The number of piperidine rings is 1. The Labute approximate surface area is 126 Å². The zero-order valence-corrected chi connectivity index (χ0v) is 13.0. The smallest absolute Gasteiger partial charge is 0.255 e. The van der Waals surface area contributed by atoms with Crippen molar-refractivity contribution < 1.29 is 9.90 Å². The number of rotatable bonds is 5. The van der Waals surface area contributed by atoms with Gasteiger partial charge in [-0.2, -0.15) is 0 Å². The van der Waals surface area contributed by atoms with Crippen molar-refractivity contribution in [3.63, 3.8) is 0 Å². The van der Waals surface area contributed by atoms with E-state index in [0.29, 0.717) is 11.5 Å². The van der Waals surface area contributed by atoms with E-state index in [2.05, 4.69) is 23.7 Å². The highest BCUT2D eigenvalue weighted by atomic mass is 16.3. The number of pyridine rings is 1. The second-order valence-electron chi connectivity index (χ2n) is 5.65. The summed E-state index contributed by atoms with van der Waals surface area (Å²) in [6.45, 7) is 9.27. The Bertz CT molecular complexity index is 466. The molecule has 2 heterocycles. The molecule has 1 saturated heterocycles. The molecule has 0 aliphatic carbocycles. The minimum absolute atomic E-state index is 0.0281. The van der Waals surface area contributed by atoms with E-state index in [1.165, 1.54) is 18.5 Å². The van der Waals surface area contributed by atoms with Gasteiger partial charge in [0.05, 0.1) is 11.8 Å². The van der Waals surface area contributed by atoms with E-state index in [9.17, 15) is 9.90 Å².